The summed E-state index contributed by atoms with van der Waals surface area (Å²) >= 11 is 0. The largest absolute Gasteiger partial charge is 0.396 e. The van der Waals surface area contributed by atoms with Gasteiger partial charge in [0.1, 0.15) is 0 Å². The van der Waals surface area contributed by atoms with Crippen molar-refractivity contribution in [3.05, 3.63) is 0 Å². The smallest absolute Gasteiger partial charge is 0.0638 e. The predicted molar refractivity (Wildman–Crippen MR) is 66.4 cm³/mol. The second-order valence-electron chi connectivity index (χ2n) is 5.62. The lowest BCUT2D eigenvalue weighted by molar-refractivity contribution is 0.0508. The van der Waals surface area contributed by atoms with E-state index in [0.29, 0.717) is 6.54 Å². The van der Waals surface area contributed by atoms with Crippen LogP contribution in [-0.4, -0.2) is 48.0 Å². The molecule has 0 amide bonds. The lowest BCUT2D eigenvalue weighted by Gasteiger charge is -2.35. The molecule has 0 heterocycles. The first-order valence-electron chi connectivity index (χ1n) is 6.55. The zero-order valence-electron chi connectivity index (χ0n) is 10.8. The summed E-state index contributed by atoms with van der Waals surface area (Å²) in [5.74, 6) is 0. The first-order chi connectivity index (χ1) is 7.58. The van der Waals surface area contributed by atoms with Crippen LogP contribution in [0.3, 0.4) is 0 Å². The summed E-state index contributed by atoms with van der Waals surface area (Å²) in [6, 6.07) is 0. The third-order valence-corrected chi connectivity index (χ3v) is 3.68. The molecule has 3 nitrogen and oxygen atoms in total. The van der Waals surface area contributed by atoms with Crippen LogP contribution in [0.25, 0.3) is 0 Å². The molecule has 1 unspecified atom stereocenters. The Morgan fingerprint density at radius 3 is 2.19 bits per heavy atom. The quantitative estimate of drug-likeness (QED) is 0.704. The van der Waals surface area contributed by atoms with Gasteiger partial charge in [0.2, 0.25) is 0 Å². The maximum Gasteiger partial charge on any atom is 0.0638 e. The molecule has 1 aliphatic carbocycles. The second-order valence-corrected chi connectivity index (χ2v) is 5.62. The molecule has 0 saturated heterocycles. The first kappa shape index (κ1) is 13.9. The topological polar surface area (TPSA) is 43.7 Å². The molecule has 1 saturated carbocycles. The number of aliphatic hydroxyl groups excluding tert-OH is 2. The van der Waals surface area contributed by atoms with Gasteiger partial charge in [-0.1, -0.05) is 25.7 Å². The van der Waals surface area contributed by atoms with Gasteiger partial charge >= 0.3 is 0 Å². The molecule has 1 aliphatic rings. The molecule has 0 aromatic heterocycles. The zero-order valence-corrected chi connectivity index (χ0v) is 10.8. The highest BCUT2D eigenvalue weighted by Gasteiger charge is 2.31. The van der Waals surface area contributed by atoms with E-state index in [2.05, 4.69) is 4.90 Å². The van der Waals surface area contributed by atoms with Gasteiger partial charge in [-0.3, -0.25) is 0 Å². The van der Waals surface area contributed by atoms with E-state index in [-0.39, 0.29) is 18.1 Å². The molecule has 96 valence electrons. The molecule has 0 aliphatic heterocycles. The Morgan fingerprint density at radius 2 is 1.75 bits per heavy atom. The number of nitrogens with zero attached hydrogens (tertiary/aromatic N) is 1. The normalized spacial score (nSPS) is 23.1. The first-order valence-corrected chi connectivity index (χ1v) is 6.55. The summed E-state index contributed by atoms with van der Waals surface area (Å²) in [6.45, 7) is 3.71. The van der Waals surface area contributed by atoms with Crippen molar-refractivity contribution in [3.63, 3.8) is 0 Å². The van der Waals surface area contributed by atoms with Crippen LogP contribution in [0.5, 0.6) is 0 Å². The van der Waals surface area contributed by atoms with E-state index in [1.165, 1.54) is 25.7 Å². The van der Waals surface area contributed by atoms with Crippen molar-refractivity contribution in [1.82, 2.24) is 4.90 Å². The average Bonchev–Trinajstić information content (AvgIpc) is 2.43. The molecule has 0 spiro atoms. The minimum atomic E-state index is -0.286. The number of hydrogen-bond donors (Lipinski definition) is 2. The molecule has 3 heteroatoms. The Labute approximate surface area is 99.5 Å². The summed E-state index contributed by atoms with van der Waals surface area (Å²) in [7, 11) is 2.04. The van der Waals surface area contributed by atoms with Gasteiger partial charge in [0.05, 0.1) is 6.10 Å². The Morgan fingerprint density at radius 1 is 1.19 bits per heavy atom. The number of likely N-dealkylation sites (N-methyl/N-ethyl adjacent to an activating group) is 1. The van der Waals surface area contributed by atoms with Gasteiger partial charge in [0, 0.05) is 25.1 Å². The molecule has 1 fully saturated rings. The molecule has 0 radical (unpaired) electrons. The van der Waals surface area contributed by atoms with Gasteiger partial charge in [-0.25, -0.2) is 0 Å². The van der Waals surface area contributed by atoms with Gasteiger partial charge in [-0.15, -0.1) is 0 Å². The van der Waals surface area contributed by atoms with Crippen LogP contribution in [-0.2, 0) is 0 Å². The number of aliphatic hydroxyl groups is 2. The molecule has 1 atom stereocenters. The molecule has 0 bridgehead atoms. The molecule has 0 aromatic rings. The minimum absolute atomic E-state index is 0.0835. The fourth-order valence-electron chi connectivity index (χ4n) is 2.93. The lowest BCUT2D eigenvalue weighted by atomic mass is 9.80. The Kier molecular flexibility index (Phi) is 5.73. The van der Waals surface area contributed by atoms with Crippen LogP contribution in [0.15, 0.2) is 0 Å². The lowest BCUT2D eigenvalue weighted by Crippen LogP contribution is -2.40. The van der Waals surface area contributed by atoms with Gasteiger partial charge in [-0.05, 0) is 26.8 Å². The van der Waals surface area contributed by atoms with Crippen LogP contribution >= 0.6 is 0 Å². The van der Waals surface area contributed by atoms with Crippen LogP contribution < -0.4 is 0 Å². The summed E-state index contributed by atoms with van der Waals surface area (Å²) in [6.07, 6.45) is 7.07. The van der Waals surface area contributed by atoms with Crippen molar-refractivity contribution in [3.8, 4) is 0 Å². The highest BCUT2D eigenvalue weighted by molar-refractivity contribution is 4.84. The number of hydrogen-bond acceptors (Lipinski definition) is 3. The molecule has 1 rings (SSSR count). The molecule has 0 aromatic carbocycles. The Balaban J connectivity index is 2.50. The highest BCUT2D eigenvalue weighted by Crippen LogP contribution is 2.35. The van der Waals surface area contributed by atoms with Crippen molar-refractivity contribution >= 4 is 0 Å². The maximum atomic E-state index is 9.66. The SMILES string of the molecule is CC(O)CN(C)CC1(CO)CCCCCC1. The number of rotatable bonds is 5. The fourth-order valence-corrected chi connectivity index (χ4v) is 2.93. The van der Waals surface area contributed by atoms with E-state index >= 15 is 0 Å². The van der Waals surface area contributed by atoms with Gasteiger partial charge in [-0.2, -0.15) is 0 Å². The zero-order chi connectivity index (χ0) is 12.0. The van der Waals surface area contributed by atoms with Crippen LogP contribution in [0.1, 0.15) is 45.4 Å². The summed E-state index contributed by atoms with van der Waals surface area (Å²) in [5, 5.41) is 19.0. The van der Waals surface area contributed by atoms with Crippen LogP contribution in [0.2, 0.25) is 0 Å². The minimum Gasteiger partial charge on any atom is -0.396 e. The Hall–Kier alpha value is -0.120. The Bertz CT molecular complexity index is 186. The summed E-state index contributed by atoms with van der Waals surface area (Å²) in [4.78, 5) is 2.16. The molecular weight excluding hydrogens is 202 g/mol. The van der Waals surface area contributed by atoms with Gasteiger partial charge in [0.15, 0.2) is 0 Å². The summed E-state index contributed by atoms with van der Waals surface area (Å²) in [5.41, 5.74) is 0.0835. The third-order valence-electron chi connectivity index (χ3n) is 3.68. The predicted octanol–water partition coefficient (Wildman–Crippen LogP) is 1.63. The summed E-state index contributed by atoms with van der Waals surface area (Å²) < 4.78 is 0. The molecule has 2 N–H and O–H groups in total. The van der Waals surface area contributed by atoms with Crippen molar-refractivity contribution in [1.29, 1.82) is 0 Å². The van der Waals surface area contributed by atoms with Gasteiger partial charge in [0.25, 0.3) is 0 Å². The van der Waals surface area contributed by atoms with Crippen molar-refractivity contribution in [2.45, 2.75) is 51.6 Å². The van der Waals surface area contributed by atoms with E-state index in [1.807, 2.05) is 14.0 Å². The highest BCUT2D eigenvalue weighted by atomic mass is 16.3. The van der Waals surface area contributed by atoms with Crippen LogP contribution in [0.4, 0.5) is 0 Å². The van der Waals surface area contributed by atoms with Crippen molar-refractivity contribution in [2.24, 2.45) is 5.41 Å². The van der Waals surface area contributed by atoms with Gasteiger partial charge < -0.3 is 15.1 Å². The second kappa shape index (κ2) is 6.58. The van der Waals surface area contributed by atoms with E-state index in [1.54, 1.807) is 0 Å². The van der Waals surface area contributed by atoms with E-state index in [9.17, 15) is 10.2 Å². The standard InChI is InChI=1S/C13H27NO2/c1-12(16)9-14(2)10-13(11-15)7-5-3-4-6-8-13/h12,15-16H,3-11H2,1-2H3. The monoisotopic (exact) mass is 229 g/mol. The third kappa shape index (κ3) is 4.40. The maximum absolute atomic E-state index is 9.66. The average molecular weight is 229 g/mol. The van der Waals surface area contributed by atoms with Crippen LogP contribution in [0, 0.1) is 5.41 Å². The molecular formula is C13H27NO2. The van der Waals surface area contributed by atoms with E-state index < -0.39 is 0 Å². The fraction of sp³-hybridized carbons (Fsp3) is 1.00. The van der Waals surface area contributed by atoms with E-state index in [0.717, 1.165) is 19.4 Å². The molecule has 16 heavy (non-hydrogen) atoms. The van der Waals surface area contributed by atoms with Crippen molar-refractivity contribution in [2.75, 3.05) is 26.7 Å². The van der Waals surface area contributed by atoms with E-state index in [4.69, 9.17) is 0 Å². The van der Waals surface area contributed by atoms with Crippen molar-refractivity contribution < 1.29 is 10.2 Å².